The van der Waals surface area contributed by atoms with Crippen molar-refractivity contribution in [2.75, 3.05) is 13.2 Å². The zero-order chi connectivity index (χ0) is 25.1. The predicted molar refractivity (Wildman–Crippen MR) is 133 cm³/mol. The molecule has 0 radical (unpaired) electrons. The second-order valence-corrected chi connectivity index (χ2v) is 9.45. The van der Waals surface area contributed by atoms with Crippen molar-refractivity contribution >= 4 is 28.5 Å². The standard InChI is InChI=1S/C27H29ClFNO5/c1-2-35-23-13-16(11-18-9-6-10-21(28)24(18)29)12-19-25(23)30(14-20(26(19)32)27(33)34)22(15-31)17-7-4-3-5-8-17/h6,9-10,12-14,17,22,31H,2-5,7-8,11,15H2,1H3,(H,33,34)/t22-/m1/s1. The molecular weight excluding hydrogens is 473 g/mol. The number of nitrogens with zero attached hydrogens (tertiary/aromatic N) is 1. The van der Waals surface area contributed by atoms with Crippen molar-refractivity contribution in [1.29, 1.82) is 0 Å². The molecule has 1 aromatic heterocycles. The molecule has 8 heteroatoms. The molecule has 0 spiro atoms. The molecule has 1 fully saturated rings. The third kappa shape index (κ3) is 5.07. The van der Waals surface area contributed by atoms with Crippen molar-refractivity contribution < 1.29 is 24.1 Å². The lowest BCUT2D eigenvalue weighted by molar-refractivity contribution is 0.0693. The smallest absolute Gasteiger partial charge is 0.341 e. The van der Waals surface area contributed by atoms with Crippen LogP contribution in [0.5, 0.6) is 5.75 Å². The maximum atomic E-state index is 14.6. The summed E-state index contributed by atoms with van der Waals surface area (Å²) in [6, 6.07) is 7.67. The van der Waals surface area contributed by atoms with E-state index in [1.54, 1.807) is 28.8 Å². The highest BCUT2D eigenvalue weighted by Gasteiger charge is 2.28. The molecule has 1 aliphatic rings. The van der Waals surface area contributed by atoms with Crippen LogP contribution in [-0.2, 0) is 6.42 Å². The highest BCUT2D eigenvalue weighted by Crippen LogP contribution is 2.37. The van der Waals surface area contributed by atoms with Gasteiger partial charge in [-0.25, -0.2) is 9.18 Å². The van der Waals surface area contributed by atoms with E-state index in [0.717, 1.165) is 32.1 Å². The fraction of sp³-hybridized carbons (Fsp3) is 0.407. The number of carbonyl (C=O) groups is 1. The summed E-state index contributed by atoms with van der Waals surface area (Å²) < 4.78 is 22.2. The van der Waals surface area contributed by atoms with E-state index in [1.165, 1.54) is 12.3 Å². The van der Waals surface area contributed by atoms with Gasteiger partial charge in [0.1, 0.15) is 17.1 Å². The first kappa shape index (κ1) is 25.2. The Balaban J connectivity index is 1.96. The Labute approximate surface area is 207 Å². The topological polar surface area (TPSA) is 88.8 Å². The number of aromatic carboxylic acids is 1. The van der Waals surface area contributed by atoms with Crippen LogP contribution in [0.1, 0.15) is 66.6 Å². The summed E-state index contributed by atoms with van der Waals surface area (Å²) in [7, 11) is 0. The number of aliphatic hydroxyl groups excluding tert-OH is 1. The summed E-state index contributed by atoms with van der Waals surface area (Å²) in [5, 5.41) is 20.3. The minimum atomic E-state index is -1.34. The zero-order valence-corrected chi connectivity index (χ0v) is 20.4. The van der Waals surface area contributed by atoms with Crippen molar-refractivity contribution in [3.05, 3.63) is 74.3 Å². The first-order valence-electron chi connectivity index (χ1n) is 12.0. The summed E-state index contributed by atoms with van der Waals surface area (Å²) >= 11 is 5.94. The predicted octanol–water partition coefficient (Wildman–Crippen LogP) is 5.60. The lowest BCUT2D eigenvalue weighted by atomic mass is 9.83. The van der Waals surface area contributed by atoms with E-state index in [2.05, 4.69) is 0 Å². The molecule has 0 aliphatic heterocycles. The van der Waals surface area contributed by atoms with E-state index >= 15 is 0 Å². The summed E-state index contributed by atoms with van der Waals surface area (Å²) in [5.41, 5.74) is 0.372. The highest BCUT2D eigenvalue weighted by atomic mass is 35.5. The summed E-state index contributed by atoms with van der Waals surface area (Å²) in [5.74, 6) is -1.33. The molecule has 1 atom stereocenters. The minimum Gasteiger partial charge on any atom is -0.492 e. The minimum absolute atomic E-state index is 0.00195. The van der Waals surface area contributed by atoms with Crippen LogP contribution in [0.4, 0.5) is 4.39 Å². The largest absolute Gasteiger partial charge is 0.492 e. The van der Waals surface area contributed by atoms with Gasteiger partial charge < -0.3 is 19.5 Å². The van der Waals surface area contributed by atoms with E-state index in [-0.39, 0.29) is 34.9 Å². The number of fused-ring (bicyclic) bond motifs is 1. The lowest BCUT2D eigenvalue weighted by Crippen LogP contribution is -2.28. The molecule has 1 aliphatic carbocycles. The number of hydrogen-bond acceptors (Lipinski definition) is 4. The molecule has 6 nitrogen and oxygen atoms in total. The van der Waals surface area contributed by atoms with Gasteiger partial charge in [0.25, 0.3) is 0 Å². The Morgan fingerprint density at radius 1 is 1.26 bits per heavy atom. The van der Waals surface area contributed by atoms with E-state index in [9.17, 15) is 24.2 Å². The molecule has 1 saturated carbocycles. The average molecular weight is 502 g/mol. The second-order valence-electron chi connectivity index (χ2n) is 9.05. The molecule has 1 heterocycles. The molecule has 186 valence electrons. The number of aliphatic hydroxyl groups is 1. The van der Waals surface area contributed by atoms with E-state index in [4.69, 9.17) is 16.3 Å². The van der Waals surface area contributed by atoms with Crippen LogP contribution in [0.3, 0.4) is 0 Å². The first-order valence-corrected chi connectivity index (χ1v) is 12.3. The SMILES string of the molecule is CCOc1cc(Cc2cccc(Cl)c2F)cc2c(=O)c(C(=O)O)cn([C@H](CO)C3CCCCC3)c12. The van der Waals surface area contributed by atoms with E-state index in [1.807, 2.05) is 6.92 Å². The molecular formula is C27H29ClFNO5. The average Bonchev–Trinajstić information content (AvgIpc) is 2.84. The molecule has 35 heavy (non-hydrogen) atoms. The number of hydrogen-bond donors (Lipinski definition) is 2. The van der Waals surface area contributed by atoms with Crippen molar-refractivity contribution in [1.82, 2.24) is 4.57 Å². The fourth-order valence-electron chi connectivity index (χ4n) is 5.18. The van der Waals surface area contributed by atoms with Crippen LogP contribution >= 0.6 is 11.6 Å². The number of pyridine rings is 1. The molecule has 0 bridgehead atoms. The van der Waals surface area contributed by atoms with Crippen LogP contribution in [0.25, 0.3) is 10.9 Å². The quantitative estimate of drug-likeness (QED) is 0.419. The van der Waals surface area contributed by atoms with Gasteiger partial charge in [-0.15, -0.1) is 0 Å². The molecule has 3 aromatic rings. The zero-order valence-electron chi connectivity index (χ0n) is 19.6. The van der Waals surface area contributed by atoms with Gasteiger partial charge in [-0.05, 0) is 55.0 Å². The Morgan fingerprint density at radius 3 is 2.66 bits per heavy atom. The Hall–Kier alpha value is -2.90. The number of aromatic nitrogens is 1. The van der Waals surface area contributed by atoms with Gasteiger partial charge in [0.05, 0.1) is 35.2 Å². The lowest BCUT2D eigenvalue weighted by Gasteiger charge is -2.32. The van der Waals surface area contributed by atoms with Crippen LogP contribution in [0, 0.1) is 11.7 Å². The van der Waals surface area contributed by atoms with E-state index < -0.39 is 23.3 Å². The fourth-order valence-corrected chi connectivity index (χ4v) is 5.38. The third-order valence-electron chi connectivity index (χ3n) is 6.85. The first-order chi connectivity index (χ1) is 16.8. The number of benzene rings is 2. The van der Waals surface area contributed by atoms with Gasteiger partial charge in [0, 0.05) is 12.6 Å². The highest BCUT2D eigenvalue weighted by molar-refractivity contribution is 6.30. The number of ether oxygens (including phenoxy) is 1. The molecule has 0 amide bonds. The summed E-state index contributed by atoms with van der Waals surface area (Å²) in [6.45, 7) is 1.93. The monoisotopic (exact) mass is 501 g/mol. The Morgan fingerprint density at radius 2 is 2.00 bits per heavy atom. The van der Waals surface area contributed by atoms with Gasteiger partial charge in [-0.1, -0.05) is 43.0 Å². The van der Waals surface area contributed by atoms with Gasteiger partial charge >= 0.3 is 5.97 Å². The third-order valence-corrected chi connectivity index (χ3v) is 7.14. The van der Waals surface area contributed by atoms with Crippen LogP contribution in [-0.4, -0.2) is 34.0 Å². The van der Waals surface area contributed by atoms with E-state index in [0.29, 0.717) is 29.0 Å². The summed E-state index contributed by atoms with van der Waals surface area (Å²) in [6.07, 6.45) is 6.52. The normalized spacial score (nSPS) is 15.3. The van der Waals surface area contributed by atoms with Gasteiger partial charge in [-0.2, -0.15) is 0 Å². The Bertz CT molecular complexity index is 1300. The molecule has 0 saturated heterocycles. The van der Waals surface area contributed by atoms with Gasteiger partial charge in [0.2, 0.25) is 5.43 Å². The number of halogens is 2. The maximum Gasteiger partial charge on any atom is 0.341 e. The maximum absolute atomic E-state index is 14.6. The Kier molecular flexibility index (Phi) is 7.77. The molecule has 2 aromatic carbocycles. The van der Waals surface area contributed by atoms with Crippen LogP contribution in [0.2, 0.25) is 5.02 Å². The number of carboxylic acids is 1. The number of carboxylic acid groups (broad SMARTS) is 1. The van der Waals surface area contributed by atoms with Crippen molar-refractivity contribution in [2.24, 2.45) is 5.92 Å². The molecule has 2 N–H and O–H groups in total. The second kappa shape index (κ2) is 10.8. The van der Waals surface area contributed by atoms with Crippen molar-refractivity contribution in [3.8, 4) is 5.75 Å². The van der Waals surface area contributed by atoms with Crippen molar-refractivity contribution in [2.45, 2.75) is 51.5 Å². The van der Waals surface area contributed by atoms with Crippen LogP contribution < -0.4 is 10.2 Å². The molecule has 4 rings (SSSR count). The number of rotatable bonds is 8. The van der Waals surface area contributed by atoms with Gasteiger partial charge in [0.15, 0.2) is 0 Å². The molecule has 0 unspecified atom stereocenters. The summed E-state index contributed by atoms with van der Waals surface area (Å²) in [4.78, 5) is 25.3. The van der Waals surface area contributed by atoms with Crippen molar-refractivity contribution in [3.63, 3.8) is 0 Å². The van der Waals surface area contributed by atoms with Crippen LogP contribution in [0.15, 0.2) is 41.3 Å². The van der Waals surface area contributed by atoms with Gasteiger partial charge in [-0.3, -0.25) is 4.79 Å².